The van der Waals surface area contributed by atoms with Gasteiger partial charge in [-0.2, -0.15) is 13.2 Å². The summed E-state index contributed by atoms with van der Waals surface area (Å²) in [6, 6.07) is 3.69. The average molecular weight is 258 g/mol. The molecule has 0 bridgehead atoms. The summed E-state index contributed by atoms with van der Waals surface area (Å²) in [5.74, 6) is -0.239. The SMILES string of the molecule is COc1cc(C2(C(C)=O)CC2)ccc1C(F)(F)F. The molecule has 0 heterocycles. The van der Waals surface area contributed by atoms with Gasteiger partial charge in [-0.05, 0) is 37.5 Å². The molecular weight excluding hydrogens is 245 g/mol. The van der Waals surface area contributed by atoms with Crippen molar-refractivity contribution in [1.82, 2.24) is 0 Å². The molecule has 2 rings (SSSR count). The van der Waals surface area contributed by atoms with Gasteiger partial charge in [0.15, 0.2) is 0 Å². The van der Waals surface area contributed by atoms with Crippen LogP contribution in [-0.4, -0.2) is 12.9 Å². The van der Waals surface area contributed by atoms with Gasteiger partial charge >= 0.3 is 6.18 Å². The van der Waals surface area contributed by atoms with E-state index in [1.54, 1.807) is 0 Å². The highest BCUT2D eigenvalue weighted by atomic mass is 19.4. The third-order valence-corrected chi connectivity index (χ3v) is 3.48. The van der Waals surface area contributed by atoms with Crippen molar-refractivity contribution in [3.8, 4) is 5.75 Å². The van der Waals surface area contributed by atoms with E-state index < -0.39 is 17.2 Å². The first kappa shape index (κ1) is 12.9. The van der Waals surface area contributed by atoms with Gasteiger partial charge in [0.25, 0.3) is 0 Å². The van der Waals surface area contributed by atoms with Gasteiger partial charge < -0.3 is 4.74 Å². The molecule has 1 aromatic rings. The van der Waals surface area contributed by atoms with Crippen molar-refractivity contribution in [3.63, 3.8) is 0 Å². The molecule has 1 saturated carbocycles. The summed E-state index contributed by atoms with van der Waals surface area (Å²) in [4.78, 5) is 11.5. The Bertz CT molecular complexity index is 487. The second-order valence-electron chi connectivity index (χ2n) is 4.55. The summed E-state index contributed by atoms with van der Waals surface area (Å²) >= 11 is 0. The number of carbonyl (C=O) groups excluding carboxylic acids is 1. The van der Waals surface area contributed by atoms with Gasteiger partial charge in [-0.15, -0.1) is 0 Å². The Labute approximate surface area is 103 Å². The van der Waals surface area contributed by atoms with Crippen LogP contribution in [0, 0.1) is 0 Å². The summed E-state index contributed by atoms with van der Waals surface area (Å²) < 4.78 is 42.9. The van der Waals surface area contributed by atoms with Crippen LogP contribution in [0.15, 0.2) is 18.2 Å². The van der Waals surface area contributed by atoms with Crippen molar-refractivity contribution in [2.45, 2.75) is 31.4 Å². The van der Waals surface area contributed by atoms with Crippen LogP contribution in [-0.2, 0) is 16.4 Å². The third-order valence-electron chi connectivity index (χ3n) is 3.48. The summed E-state index contributed by atoms with van der Waals surface area (Å²) in [6.07, 6.45) is -3.06. The lowest BCUT2D eigenvalue weighted by atomic mass is 9.91. The Hall–Kier alpha value is -1.52. The predicted octanol–water partition coefficient (Wildman–Crippen LogP) is 3.33. The Morgan fingerprint density at radius 2 is 1.94 bits per heavy atom. The molecule has 0 atom stereocenters. The van der Waals surface area contributed by atoms with Crippen LogP contribution >= 0.6 is 0 Å². The van der Waals surface area contributed by atoms with E-state index in [1.807, 2.05) is 0 Å². The maximum Gasteiger partial charge on any atom is 0.419 e. The monoisotopic (exact) mass is 258 g/mol. The molecule has 0 saturated heterocycles. The van der Waals surface area contributed by atoms with Crippen LogP contribution < -0.4 is 4.74 Å². The molecule has 0 spiro atoms. The van der Waals surface area contributed by atoms with E-state index >= 15 is 0 Å². The van der Waals surface area contributed by atoms with Gasteiger partial charge in [-0.3, -0.25) is 4.79 Å². The number of carbonyl (C=O) groups is 1. The van der Waals surface area contributed by atoms with Crippen LogP contribution in [0.4, 0.5) is 13.2 Å². The van der Waals surface area contributed by atoms with Crippen molar-refractivity contribution in [3.05, 3.63) is 29.3 Å². The number of methoxy groups -OCH3 is 1. The zero-order valence-electron chi connectivity index (χ0n) is 10.1. The van der Waals surface area contributed by atoms with Gasteiger partial charge in [0.2, 0.25) is 0 Å². The van der Waals surface area contributed by atoms with Gasteiger partial charge in [-0.25, -0.2) is 0 Å². The van der Waals surface area contributed by atoms with Crippen LogP contribution in [0.5, 0.6) is 5.75 Å². The van der Waals surface area contributed by atoms with E-state index in [9.17, 15) is 18.0 Å². The van der Waals surface area contributed by atoms with E-state index in [4.69, 9.17) is 4.74 Å². The third kappa shape index (κ3) is 1.98. The highest BCUT2D eigenvalue weighted by Crippen LogP contribution is 2.50. The minimum absolute atomic E-state index is 0.00990. The standard InChI is InChI=1S/C13H13F3O2/c1-8(17)12(5-6-12)9-3-4-10(13(14,15)16)11(7-9)18-2/h3-4,7H,5-6H2,1-2H3. The first-order chi connectivity index (χ1) is 8.31. The zero-order valence-corrected chi connectivity index (χ0v) is 10.1. The number of halogens is 3. The van der Waals surface area contributed by atoms with E-state index in [0.29, 0.717) is 18.4 Å². The lowest BCUT2D eigenvalue weighted by Gasteiger charge is -2.17. The fourth-order valence-electron chi connectivity index (χ4n) is 2.19. The van der Waals surface area contributed by atoms with Gasteiger partial charge in [0.1, 0.15) is 11.5 Å². The molecular formula is C13H13F3O2. The topological polar surface area (TPSA) is 26.3 Å². The van der Waals surface area contributed by atoms with Gasteiger partial charge in [-0.1, -0.05) is 6.07 Å². The smallest absolute Gasteiger partial charge is 0.419 e. The van der Waals surface area contributed by atoms with Crippen LogP contribution in [0.2, 0.25) is 0 Å². The normalized spacial score (nSPS) is 17.4. The Morgan fingerprint density at radius 3 is 2.33 bits per heavy atom. The average Bonchev–Trinajstić information content (AvgIpc) is 3.08. The highest BCUT2D eigenvalue weighted by Gasteiger charge is 2.49. The number of hydrogen-bond donors (Lipinski definition) is 0. The molecule has 1 aliphatic carbocycles. The number of ketones is 1. The molecule has 0 radical (unpaired) electrons. The first-order valence-electron chi connectivity index (χ1n) is 5.58. The lowest BCUT2D eigenvalue weighted by Crippen LogP contribution is -2.18. The molecule has 5 heteroatoms. The van der Waals surface area contributed by atoms with Crippen molar-refractivity contribution in [1.29, 1.82) is 0 Å². The van der Waals surface area contributed by atoms with Crippen molar-refractivity contribution in [2.24, 2.45) is 0 Å². The van der Waals surface area contributed by atoms with Gasteiger partial charge in [0.05, 0.1) is 18.1 Å². The molecule has 0 N–H and O–H groups in total. The summed E-state index contributed by atoms with van der Waals surface area (Å²) in [5.41, 5.74) is -0.787. The molecule has 0 amide bonds. The number of Topliss-reactive ketones (excluding diaryl/α,β-unsaturated/α-hetero) is 1. The fourth-order valence-corrected chi connectivity index (χ4v) is 2.19. The van der Waals surface area contributed by atoms with E-state index in [2.05, 4.69) is 0 Å². The molecule has 2 nitrogen and oxygen atoms in total. The quantitative estimate of drug-likeness (QED) is 0.831. The summed E-state index contributed by atoms with van der Waals surface area (Å²) in [6.45, 7) is 1.47. The van der Waals surface area contributed by atoms with Crippen LogP contribution in [0.1, 0.15) is 30.9 Å². The molecule has 0 aromatic heterocycles. The second-order valence-corrected chi connectivity index (χ2v) is 4.55. The number of hydrogen-bond acceptors (Lipinski definition) is 2. The highest BCUT2D eigenvalue weighted by molar-refractivity contribution is 5.91. The lowest BCUT2D eigenvalue weighted by molar-refractivity contribution is -0.138. The summed E-state index contributed by atoms with van der Waals surface area (Å²) in [7, 11) is 1.20. The van der Waals surface area contributed by atoms with E-state index in [1.165, 1.54) is 26.2 Å². The summed E-state index contributed by atoms with van der Waals surface area (Å²) in [5, 5.41) is 0. The molecule has 0 unspecified atom stereocenters. The predicted molar refractivity (Wildman–Crippen MR) is 59.6 cm³/mol. The Morgan fingerprint density at radius 1 is 1.33 bits per heavy atom. The Balaban J connectivity index is 2.46. The largest absolute Gasteiger partial charge is 0.496 e. The number of rotatable bonds is 3. The van der Waals surface area contributed by atoms with Crippen molar-refractivity contribution < 1.29 is 22.7 Å². The van der Waals surface area contributed by atoms with Crippen molar-refractivity contribution >= 4 is 5.78 Å². The molecule has 1 aliphatic rings. The minimum Gasteiger partial charge on any atom is -0.496 e. The minimum atomic E-state index is -4.45. The maximum absolute atomic E-state index is 12.7. The molecule has 0 aliphatic heterocycles. The maximum atomic E-state index is 12.7. The van der Waals surface area contributed by atoms with E-state index in [-0.39, 0.29) is 11.5 Å². The molecule has 98 valence electrons. The first-order valence-corrected chi connectivity index (χ1v) is 5.58. The van der Waals surface area contributed by atoms with Crippen LogP contribution in [0.25, 0.3) is 0 Å². The van der Waals surface area contributed by atoms with Crippen molar-refractivity contribution in [2.75, 3.05) is 7.11 Å². The Kier molecular flexibility index (Phi) is 2.87. The van der Waals surface area contributed by atoms with Gasteiger partial charge in [0, 0.05) is 0 Å². The van der Waals surface area contributed by atoms with E-state index in [0.717, 1.165) is 6.07 Å². The fraction of sp³-hybridized carbons (Fsp3) is 0.462. The molecule has 1 aromatic carbocycles. The number of ether oxygens (including phenoxy) is 1. The zero-order chi connectivity index (χ0) is 13.6. The number of alkyl halides is 3. The molecule has 1 fully saturated rings. The number of benzene rings is 1. The van der Waals surface area contributed by atoms with Crippen LogP contribution in [0.3, 0.4) is 0 Å². The molecule has 18 heavy (non-hydrogen) atoms. The second kappa shape index (κ2) is 4.00.